The van der Waals surface area contributed by atoms with E-state index in [1.807, 2.05) is 0 Å². The van der Waals surface area contributed by atoms with E-state index in [0.29, 0.717) is 15.9 Å². The average Bonchev–Trinajstić information content (AvgIpc) is 2.58. The smallest absolute Gasteiger partial charge is 0.207 e. The van der Waals surface area contributed by atoms with Gasteiger partial charge in [0.2, 0.25) is 0 Å². The largest absolute Gasteiger partial charge is 0.283 e. The van der Waals surface area contributed by atoms with Crippen molar-refractivity contribution in [2.45, 2.75) is 18.7 Å². The van der Waals surface area contributed by atoms with E-state index in [1.165, 1.54) is 12.1 Å². The van der Waals surface area contributed by atoms with Crippen LogP contribution >= 0.6 is 15.9 Å². The summed E-state index contributed by atoms with van der Waals surface area (Å²) in [4.78, 5) is 0.00185. The van der Waals surface area contributed by atoms with Crippen molar-refractivity contribution in [2.75, 3.05) is 0 Å². The highest BCUT2D eigenvalue weighted by Gasteiger charge is 2.22. The molecule has 0 fully saturated rings. The van der Waals surface area contributed by atoms with Gasteiger partial charge in [-0.05, 0) is 54.0 Å². The molecule has 0 amide bonds. The fourth-order valence-electron chi connectivity index (χ4n) is 1.54. The molecule has 4 nitrogen and oxygen atoms in total. The molecule has 1 aromatic heterocycles. The summed E-state index contributed by atoms with van der Waals surface area (Å²) in [6, 6.07) is 4.64. The van der Waals surface area contributed by atoms with Gasteiger partial charge in [0, 0.05) is 0 Å². The fourth-order valence-corrected chi connectivity index (χ4v) is 3.27. The Kier molecular flexibility index (Phi) is 3.29. The molecule has 0 unspecified atom stereocenters. The first-order valence-corrected chi connectivity index (χ1v) is 7.30. The number of rotatable bonds is 2. The van der Waals surface area contributed by atoms with Crippen LogP contribution in [0.3, 0.4) is 0 Å². The Hall–Kier alpha value is -1.21. The minimum atomic E-state index is -3.78. The fraction of sp³-hybridized carbons (Fsp3) is 0.182. The van der Waals surface area contributed by atoms with Crippen LogP contribution < -0.4 is 0 Å². The van der Waals surface area contributed by atoms with Gasteiger partial charge in [-0.15, -0.1) is 0 Å². The van der Waals surface area contributed by atoms with Crippen LogP contribution in [0.15, 0.2) is 33.6 Å². The lowest BCUT2D eigenvalue weighted by Crippen LogP contribution is -2.16. The normalized spacial score (nSPS) is 11.8. The number of aryl methyl sites for hydroxylation is 1. The third-order valence-electron chi connectivity index (χ3n) is 2.50. The molecule has 0 N–H and O–H groups in total. The zero-order chi connectivity index (χ0) is 13.5. The van der Waals surface area contributed by atoms with Crippen LogP contribution in [0.25, 0.3) is 0 Å². The van der Waals surface area contributed by atoms with Crippen molar-refractivity contribution in [1.82, 2.24) is 9.19 Å². The highest BCUT2D eigenvalue weighted by Crippen LogP contribution is 2.24. The van der Waals surface area contributed by atoms with Crippen molar-refractivity contribution >= 4 is 26.0 Å². The SMILES string of the molecule is Cc1nn(S(=O)(=O)c2ccc(F)cc2)c(C)c1Br. The Morgan fingerprint density at radius 1 is 1.22 bits per heavy atom. The standard InChI is InChI=1S/C11H10BrFN2O2S/c1-7-11(12)8(2)15(14-7)18(16,17)10-5-3-9(13)4-6-10/h3-6H,1-2H3. The molecule has 96 valence electrons. The van der Waals surface area contributed by atoms with Crippen LogP contribution in [-0.2, 0) is 10.0 Å². The summed E-state index contributed by atoms with van der Waals surface area (Å²) >= 11 is 3.27. The summed E-state index contributed by atoms with van der Waals surface area (Å²) < 4.78 is 39.0. The van der Waals surface area contributed by atoms with Crippen LogP contribution in [0, 0.1) is 19.7 Å². The predicted octanol–water partition coefficient (Wildman–Crippen LogP) is 2.64. The monoisotopic (exact) mass is 332 g/mol. The molecule has 0 radical (unpaired) electrons. The molecule has 0 saturated heterocycles. The zero-order valence-electron chi connectivity index (χ0n) is 9.68. The van der Waals surface area contributed by atoms with Gasteiger partial charge < -0.3 is 0 Å². The van der Waals surface area contributed by atoms with Crippen molar-refractivity contribution in [2.24, 2.45) is 0 Å². The van der Waals surface area contributed by atoms with Gasteiger partial charge in [-0.2, -0.15) is 17.6 Å². The number of halogens is 2. The van der Waals surface area contributed by atoms with E-state index in [1.54, 1.807) is 13.8 Å². The number of hydrogen-bond acceptors (Lipinski definition) is 3. The van der Waals surface area contributed by atoms with Gasteiger partial charge in [0.1, 0.15) is 5.82 Å². The van der Waals surface area contributed by atoms with Gasteiger partial charge in [-0.1, -0.05) is 0 Å². The molecular formula is C11H10BrFN2O2S. The zero-order valence-corrected chi connectivity index (χ0v) is 12.1. The molecule has 2 rings (SSSR count). The quantitative estimate of drug-likeness (QED) is 0.849. The Morgan fingerprint density at radius 2 is 1.78 bits per heavy atom. The second-order valence-corrected chi connectivity index (χ2v) is 6.35. The summed E-state index contributed by atoms with van der Waals surface area (Å²) in [6.07, 6.45) is 0. The number of hydrogen-bond donors (Lipinski definition) is 0. The van der Waals surface area contributed by atoms with Crippen molar-refractivity contribution in [3.05, 3.63) is 45.9 Å². The van der Waals surface area contributed by atoms with E-state index >= 15 is 0 Å². The van der Waals surface area contributed by atoms with Crippen LogP contribution in [-0.4, -0.2) is 17.6 Å². The van der Waals surface area contributed by atoms with Gasteiger partial charge >= 0.3 is 0 Å². The van der Waals surface area contributed by atoms with Crippen LogP contribution in [0.2, 0.25) is 0 Å². The minimum absolute atomic E-state index is 0.00185. The van der Waals surface area contributed by atoms with E-state index in [0.717, 1.165) is 16.2 Å². The summed E-state index contributed by atoms with van der Waals surface area (Å²) in [5, 5.41) is 3.97. The molecule has 1 heterocycles. The lowest BCUT2D eigenvalue weighted by molar-refractivity contribution is 0.577. The molecule has 7 heteroatoms. The molecule has 18 heavy (non-hydrogen) atoms. The molecule has 0 spiro atoms. The number of aromatic nitrogens is 2. The molecule has 0 atom stereocenters. The number of benzene rings is 1. The van der Waals surface area contributed by atoms with Crippen LogP contribution in [0.1, 0.15) is 11.4 Å². The Morgan fingerprint density at radius 3 is 2.22 bits per heavy atom. The second-order valence-electron chi connectivity index (χ2n) is 3.79. The summed E-state index contributed by atoms with van der Waals surface area (Å²) in [5.41, 5.74) is 1.06. The van der Waals surface area contributed by atoms with Crippen LogP contribution in [0.4, 0.5) is 4.39 Å². The first-order valence-electron chi connectivity index (χ1n) is 5.07. The lowest BCUT2D eigenvalue weighted by atomic mass is 10.4. The molecule has 0 aliphatic heterocycles. The number of nitrogens with zero attached hydrogens (tertiary/aromatic N) is 2. The molecule has 0 bridgehead atoms. The van der Waals surface area contributed by atoms with Crippen molar-refractivity contribution < 1.29 is 12.8 Å². The average molecular weight is 333 g/mol. The van der Waals surface area contributed by atoms with E-state index in [-0.39, 0.29) is 4.90 Å². The molecule has 0 aliphatic carbocycles. The maximum Gasteiger partial charge on any atom is 0.283 e. The Labute approximate surface area is 113 Å². The molecule has 1 aromatic carbocycles. The van der Waals surface area contributed by atoms with Gasteiger partial charge in [0.05, 0.1) is 20.8 Å². The summed E-state index contributed by atoms with van der Waals surface area (Å²) in [7, 11) is -3.78. The third kappa shape index (κ3) is 2.08. The van der Waals surface area contributed by atoms with Gasteiger partial charge in [-0.3, -0.25) is 0 Å². The van der Waals surface area contributed by atoms with Crippen molar-refractivity contribution in [3.63, 3.8) is 0 Å². The van der Waals surface area contributed by atoms with E-state index < -0.39 is 15.8 Å². The topological polar surface area (TPSA) is 52.0 Å². The van der Waals surface area contributed by atoms with Gasteiger partial charge in [-0.25, -0.2) is 4.39 Å². The minimum Gasteiger partial charge on any atom is -0.207 e. The predicted molar refractivity (Wildman–Crippen MR) is 68.4 cm³/mol. The molecule has 0 saturated carbocycles. The molecular weight excluding hydrogens is 323 g/mol. The Bertz CT molecular complexity index is 693. The maximum atomic E-state index is 12.8. The van der Waals surface area contributed by atoms with E-state index in [9.17, 15) is 12.8 Å². The highest BCUT2D eigenvalue weighted by atomic mass is 79.9. The molecule has 0 aliphatic rings. The van der Waals surface area contributed by atoms with E-state index in [4.69, 9.17) is 0 Å². The second kappa shape index (κ2) is 4.47. The van der Waals surface area contributed by atoms with Crippen LogP contribution in [0.5, 0.6) is 0 Å². The first kappa shape index (κ1) is 13.2. The van der Waals surface area contributed by atoms with E-state index in [2.05, 4.69) is 21.0 Å². The summed E-state index contributed by atoms with van der Waals surface area (Å²) in [5.74, 6) is -0.483. The van der Waals surface area contributed by atoms with Crippen molar-refractivity contribution in [3.8, 4) is 0 Å². The van der Waals surface area contributed by atoms with Gasteiger partial charge in [0.15, 0.2) is 0 Å². The third-order valence-corrected chi connectivity index (χ3v) is 5.33. The maximum absolute atomic E-state index is 12.8. The van der Waals surface area contributed by atoms with Crippen molar-refractivity contribution in [1.29, 1.82) is 0 Å². The first-order chi connectivity index (χ1) is 8.34. The summed E-state index contributed by atoms with van der Waals surface area (Å²) in [6.45, 7) is 3.35. The highest BCUT2D eigenvalue weighted by molar-refractivity contribution is 9.10. The molecule has 2 aromatic rings. The van der Waals surface area contributed by atoms with Gasteiger partial charge in [0.25, 0.3) is 10.0 Å². The lowest BCUT2D eigenvalue weighted by Gasteiger charge is -2.06. The Balaban J connectivity index is 2.61.